The van der Waals surface area contributed by atoms with E-state index in [2.05, 4.69) is 20.4 Å². The van der Waals surface area contributed by atoms with Crippen LogP contribution in [0.25, 0.3) is 22.4 Å². The zero-order valence-electron chi connectivity index (χ0n) is 18.4. The standard InChI is InChI=1S/C23H28FN5O3/c1-14-25-23(32-28-14)19-12-15-11-18(30-2)13-20(24)21(15)27-22(19)29-7-3-16(4-8-29)26-17-5-9-31-10-6-17/h11-13,16-17,26H,3-10H2,1-2H3. The molecular weight excluding hydrogens is 413 g/mol. The summed E-state index contributed by atoms with van der Waals surface area (Å²) in [6.07, 6.45) is 4.11. The largest absolute Gasteiger partial charge is 0.497 e. The predicted molar refractivity (Wildman–Crippen MR) is 118 cm³/mol. The first-order chi connectivity index (χ1) is 15.6. The van der Waals surface area contributed by atoms with E-state index >= 15 is 0 Å². The first kappa shape index (κ1) is 21.1. The number of hydrogen-bond donors (Lipinski definition) is 1. The van der Waals surface area contributed by atoms with Gasteiger partial charge >= 0.3 is 0 Å². The van der Waals surface area contributed by atoms with Crippen LogP contribution in [-0.4, -0.2) is 60.6 Å². The molecule has 2 saturated heterocycles. The molecular formula is C23H28FN5O3. The number of methoxy groups -OCH3 is 1. The highest BCUT2D eigenvalue weighted by Crippen LogP contribution is 2.35. The van der Waals surface area contributed by atoms with Crippen molar-refractivity contribution >= 4 is 16.7 Å². The molecule has 4 heterocycles. The van der Waals surface area contributed by atoms with E-state index < -0.39 is 5.82 Å². The zero-order valence-corrected chi connectivity index (χ0v) is 18.4. The van der Waals surface area contributed by atoms with Crippen LogP contribution in [0.5, 0.6) is 5.75 Å². The molecule has 170 valence electrons. The lowest BCUT2D eigenvalue weighted by Gasteiger charge is -2.36. The topological polar surface area (TPSA) is 85.5 Å². The molecule has 0 bridgehead atoms. The molecule has 0 radical (unpaired) electrons. The Bertz CT molecular complexity index is 1090. The number of benzene rings is 1. The van der Waals surface area contributed by atoms with Crippen LogP contribution >= 0.6 is 0 Å². The second-order valence-electron chi connectivity index (χ2n) is 8.50. The number of piperidine rings is 1. The van der Waals surface area contributed by atoms with Crippen LogP contribution in [0.3, 0.4) is 0 Å². The number of fused-ring (bicyclic) bond motifs is 1. The lowest BCUT2D eigenvalue weighted by Crippen LogP contribution is -2.48. The number of aryl methyl sites for hydroxylation is 1. The first-order valence-corrected chi connectivity index (χ1v) is 11.2. The molecule has 2 fully saturated rings. The molecule has 5 rings (SSSR count). The van der Waals surface area contributed by atoms with Crippen molar-refractivity contribution in [3.8, 4) is 17.2 Å². The second kappa shape index (κ2) is 8.99. The van der Waals surface area contributed by atoms with E-state index in [1.54, 1.807) is 13.0 Å². The Labute approximate surface area is 186 Å². The van der Waals surface area contributed by atoms with Gasteiger partial charge in [-0.15, -0.1) is 0 Å². The van der Waals surface area contributed by atoms with Gasteiger partial charge in [-0.2, -0.15) is 4.98 Å². The van der Waals surface area contributed by atoms with E-state index in [0.29, 0.717) is 51.8 Å². The lowest BCUT2D eigenvalue weighted by molar-refractivity contribution is 0.0738. The van der Waals surface area contributed by atoms with Gasteiger partial charge in [0.25, 0.3) is 5.89 Å². The van der Waals surface area contributed by atoms with Crippen molar-refractivity contribution in [2.45, 2.75) is 44.7 Å². The molecule has 32 heavy (non-hydrogen) atoms. The van der Waals surface area contributed by atoms with Crippen LogP contribution < -0.4 is 15.0 Å². The van der Waals surface area contributed by atoms with Crippen molar-refractivity contribution in [3.63, 3.8) is 0 Å². The van der Waals surface area contributed by atoms with Crippen molar-refractivity contribution < 1.29 is 18.4 Å². The Kier molecular flexibility index (Phi) is 5.93. The summed E-state index contributed by atoms with van der Waals surface area (Å²) >= 11 is 0. The molecule has 2 aliphatic rings. The summed E-state index contributed by atoms with van der Waals surface area (Å²) in [6.45, 7) is 5.08. The molecule has 3 aromatic rings. The van der Waals surface area contributed by atoms with Gasteiger partial charge in [0.15, 0.2) is 11.6 Å². The Morgan fingerprint density at radius 2 is 1.81 bits per heavy atom. The Morgan fingerprint density at radius 3 is 2.50 bits per heavy atom. The van der Waals surface area contributed by atoms with Crippen molar-refractivity contribution in [1.82, 2.24) is 20.4 Å². The third-order valence-corrected chi connectivity index (χ3v) is 6.31. The molecule has 2 aromatic heterocycles. The summed E-state index contributed by atoms with van der Waals surface area (Å²) in [4.78, 5) is 11.3. The number of pyridine rings is 1. The highest BCUT2D eigenvalue weighted by atomic mass is 19.1. The summed E-state index contributed by atoms with van der Waals surface area (Å²) < 4.78 is 31.0. The number of anilines is 1. The minimum absolute atomic E-state index is 0.309. The van der Waals surface area contributed by atoms with Gasteiger partial charge in [0.1, 0.15) is 17.1 Å². The third kappa shape index (κ3) is 4.27. The Hall–Kier alpha value is -2.78. The number of nitrogens with zero attached hydrogens (tertiary/aromatic N) is 4. The first-order valence-electron chi connectivity index (χ1n) is 11.2. The fraction of sp³-hybridized carbons (Fsp3) is 0.522. The molecule has 1 N–H and O–H groups in total. The normalized spacial score (nSPS) is 18.4. The summed E-state index contributed by atoms with van der Waals surface area (Å²) in [7, 11) is 1.52. The van der Waals surface area contributed by atoms with E-state index in [4.69, 9.17) is 19.0 Å². The third-order valence-electron chi connectivity index (χ3n) is 6.31. The van der Waals surface area contributed by atoms with Crippen LogP contribution in [-0.2, 0) is 4.74 Å². The molecule has 0 spiro atoms. The molecule has 0 atom stereocenters. The van der Waals surface area contributed by atoms with Crippen LogP contribution in [0.1, 0.15) is 31.5 Å². The maximum atomic E-state index is 14.8. The lowest BCUT2D eigenvalue weighted by atomic mass is 10.0. The molecule has 0 unspecified atom stereocenters. The van der Waals surface area contributed by atoms with Gasteiger partial charge < -0.3 is 24.2 Å². The molecule has 2 aliphatic heterocycles. The van der Waals surface area contributed by atoms with Gasteiger partial charge in [0.05, 0.1) is 12.7 Å². The van der Waals surface area contributed by atoms with Gasteiger partial charge in [-0.05, 0) is 44.7 Å². The average Bonchev–Trinajstić information content (AvgIpc) is 3.25. The maximum Gasteiger partial charge on any atom is 0.261 e. The summed E-state index contributed by atoms with van der Waals surface area (Å²) in [5.41, 5.74) is 1.02. The zero-order chi connectivity index (χ0) is 22.1. The SMILES string of the molecule is COc1cc(F)c2nc(N3CCC(NC4CCOCC4)CC3)c(-c3nc(C)no3)cc2c1. The highest BCUT2D eigenvalue weighted by Gasteiger charge is 2.27. The van der Waals surface area contributed by atoms with E-state index in [-0.39, 0.29) is 0 Å². The van der Waals surface area contributed by atoms with Gasteiger partial charge in [0, 0.05) is 49.8 Å². The van der Waals surface area contributed by atoms with Crippen LogP contribution in [0, 0.1) is 12.7 Å². The fourth-order valence-corrected chi connectivity index (χ4v) is 4.59. The number of nitrogens with one attached hydrogen (secondary N) is 1. The maximum absolute atomic E-state index is 14.8. The number of halogens is 1. The van der Waals surface area contributed by atoms with E-state index in [0.717, 1.165) is 52.0 Å². The summed E-state index contributed by atoms with van der Waals surface area (Å²) in [6, 6.07) is 5.99. The smallest absolute Gasteiger partial charge is 0.261 e. The van der Waals surface area contributed by atoms with Gasteiger partial charge in [0.2, 0.25) is 0 Å². The Balaban J connectivity index is 1.44. The predicted octanol–water partition coefficient (Wildman–Crippen LogP) is 3.48. The van der Waals surface area contributed by atoms with Crippen molar-refractivity contribution in [3.05, 3.63) is 29.8 Å². The molecule has 1 aromatic carbocycles. The molecule has 9 heteroatoms. The number of rotatable bonds is 5. The van der Waals surface area contributed by atoms with Gasteiger partial charge in [-0.25, -0.2) is 9.37 Å². The monoisotopic (exact) mass is 441 g/mol. The molecule has 0 saturated carbocycles. The van der Waals surface area contributed by atoms with E-state index in [1.165, 1.54) is 13.2 Å². The summed E-state index contributed by atoms with van der Waals surface area (Å²) in [5, 5.41) is 8.36. The average molecular weight is 442 g/mol. The fourth-order valence-electron chi connectivity index (χ4n) is 4.59. The highest BCUT2D eigenvalue weighted by molar-refractivity contribution is 5.89. The molecule has 8 nitrogen and oxygen atoms in total. The molecule has 0 aliphatic carbocycles. The molecule has 0 amide bonds. The van der Waals surface area contributed by atoms with E-state index in [1.807, 2.05) is 6.07 Å². The van der Waals surface area contributed by atoms with Crippen LogP contribution in [0.15, 0.2) is 22.7 Å². The minimum atomic E-state index is -0.412. The van der Waals surface area contributed by atoms with Gasteiger partial charge in [-0.1, -0.05) is 5.16 Å². The number of hydrogen-bond acceptors (Lipinski definition) is 8. The number of aromatic nitrogens is 3. The second-order valence-corrected chi connectivity index (χ2v) is 8.50. The Morgan fingerprint density at radius 1 is 1.06 bits per heavy atom. The quantitative estimate of drug-likeness (QED) is 0.644. The van der Waals surface area contributed by atoms with Crippen LogP contribution in [0.2, 0.25) is 0 Å². The van der Waals surface area contributed by atoms with Crippen molar-refractivity contribution in [2.75, 3.05) is 38.3 Å². The van der Waals surface area contributed by atoms with E-state index in [9.17, 15) is 4.39 Å². The van der Waals surface area contributed by atoms with Crippen molar-refractivity contribution in [2.24, 2.45) is 0 Å². The number of ether oxygens (including phenoxy) is 2. The minimum Gasteiger partial charge on any atom is -0.497 e. The van der Waals surface area contributed by atoms with Gasteiger partial charge in [-0.3, -0.25) is 0 Å². The summed E-state index contributed by atoms with van der Waals surface area (Å²) in [5.74, 6) is 1.64. The van der Waals surface area contributed by atoms with Crippen LogP contribution in [0.4, 0.5) is 10.2 Å². The van der Waals surface area contributed by atoms with Crippen molar-refractivity contribution in [1.29, 1.82) is 0 Å².